The van der Waals surface area contributed by atoms with Crippen molar-refractivity contribution in [1.82, 2.24) is 4.31 Å². The van der Waals surface area contributed by atoms with E-state index in [0.29, 0.717) is 30.6 Å². The maximum atomic E-state index is 12.7. The highest BCUT2D eigenvalue weighted by molar-refractivity contribution is 7.89. The molecule has 108 valence electrons. The molecule has 0 aliphatic carbocycles. The van der Waals surface area contributed by atoms with Gasteiger partial charge in [-0.3, -0.25) is 0 Å². The smallest absolute Gasteiger partial charge is 0.244 e. The third kappa shape index (κ3) is 2.79. The molecule has 1 aromatic rings. The van der Waals surface area contributed by atoms with Crippen molar-refractivity contribution in [1.29, 1.82) is 5.26 Å². The van der Waals surface area contributed by atoms with Crippen molar-refractivity contribution in [2.24, 2.45) is 11.8 Å². The minimum absolute atomic E-state index is 0.0514. The van der Waals surface area contributed by atoms with Crippen molar-refractivity contribution in [2.75, 3.05) is 18.8 Å². The average Bonchev–Trinajstić information content (AvgIpc) is 2.37. The molecule has 2 N–H and O–H groups in total. The van der Waals surface area contributed by atoms with Crippen LogP contribution in [0.1, 0.15) is 25.8 Å². The largest absolute Gasteiger partial charge is 0.399 e. The molecule has 0 saturated carbocycles. The molecule has 0 amide bonds. The summed E-state index contributed by atoms with van der Waals surface area (Å²) < 4.78 is 26.9. The molecule has 2 atom stereocenters. The Bertz CT molecular complexity index is 639. The predicted molar refractivity (Wildman–Crippen MR) is 77.3 cm³/mol. The van der Waals surface area contributed by atoms with E-state index in [2.05, 4.69) is 0 Å². The summed E-state index contributed by atoms with van der Waals surface area (Å²) in [6.45, 7) is 5.10. The lowest BCUT2D eigenvalue weighted by atomic mass is 9.94. The van der Waals surface area contributed by atoms with Crippen LogP contribution in [0.15, 0.2) is 23.1 Å². The molecule has 1 fully saturated rings. The van der Waals surface area contributed by atoms with Gasteiger partial charge in [0, 0.05) is 18.8 Å². The molecule has 2 rings (SSSR count). The number of piperidine rings is 1. The first-order chi connectivity index (χ1) is 9.34. The zero-order chi connectivity index (χ0) is 14.9. The summed E-state index contributed by atoms with van der Waals surface area (Å²) in [6, 6.07) is 6.27. The monoisotopic (exact) mass is 293 g/mol. The Morgan fingerprint density at radius 1 is 1.30 bits per heavy atom. The van der Waals surface area contributed by atoms with E-state index in [1.54, 1.807) is 0 Å². The number of benzene rings is 1. The number of nitrogen functional groups attached to an aromatic ring is 1. The maximum absolute atomic E-state index is 12.7. The molecular weight excluding hydrogens is 274 g/mol. The van der Waals surface area contributed by atoms with Gasteiger partial charge in [-0.05, 0) is 36.5 Å². The summed E-state index contributed by atoms with van der Waals surface area (Å²) in [6.07, 6.45) is 1.03. The van der Waals surface area contributed by atoms with E-state index in [9.17, 15) is 8.42 Å². The molecule has 0 bridgehead atoms. The van der Waals surface area contributed by atoms with Crippen molar-refractivity contribution in [3.8, 4) is 6.07 Å². The SMILES string of the molecule is CC1CC(C)CN(S(=O)(=O)c2ccc(N)cc2C#N)C1. The number of hydrogen-bond donors (Lipinski definition) is 1. The molecule has 0 aromatic heterocycles. The Kier molecular flexibility index (Phi) is 4.02. The van der Waals surface area contributed by atoms with Crippen LogP contribution < -0.4 is 5.73 Å². The first kappa shape index (κ1) is 14.8. The van der Waals surface area contributed by atoms with Crippen molar-refractivity contribution in [2.45, 2.75) is 25.2 Å². The summed E-state index contributed by atoms with van der Waals surface area (Å²) >= 11 is 0. The van der Waals surface area contributed by atoms with E-state index < -0.39 is 10.0 Å². The topological polar surface area (TPSA) is 87.2 Å². The van der Waals surface area contributed by atoms with Gasteiger partial charge >= 0.3 is 0 Å². The number of anilines is 1. The van der Waals surface area contributed by atoms with Crippen LogP contribution >= 0.6 is 0 Å². The first-order valence-corrected chi connectivity index (χ1v) is 8.08. The summed E-state index contributed by atoms with van der Waals surface area (Å²) in [5.74, 6) is 0.653. The zero-order valence-electron chi connectivity index (χ0n) is 11.7. The fraction of sp³-hybridized carbons (Fsp3) is 0.500. The van der Waals surface area contributed by atoms with E-state index in [0.717, 1.165) is 6.42 Å². The van der Waals surface area contributed by atoms with Gasteiger partial charge in [-0.2, -0.15) is 9.57 Å². The van der Waals surface area contributed by atoms with Crippen molar-refractivity contribution >= 4 is 15.7 Å². The minimum atomic E-state index is -3.63. The summed E-state index contributed by atoms with van der Waals surface area (Å²) in [4.78, 5) is 0.0514. The van der Waals surface area contributed by atoms with E-state index in [-0.39, 0.29) is 10.5 Å². The van der Waals surface area contributed by atoms with Gasteiger partial charge < -0.3 is 5.73 Å². The Morgan fingerprint density at radius 3 is 2.45 bits per heavy atom. The van der Waals surface area contributed by atoms with Crippen LogP contribution in [0.4, 0.5) is 5.69 Å². The number of nitrogens with two attached hydrogens (primary N) is 1. The normalized spacial score (nSPS) is 24.2. The third-order valence-electron chi connectivity index (χ3n) is 3.58. The number of nitrogens with zero attached hydrogens (tertiary/aromatic N) is 2. The van der Waals surface area contributed by atoms with Gasteiger partial charge in [0.15, 0.2) is 0 Å². The van der Waals surface area contributed by atoms with E-state index in [1.165, 1.54) is 22.5 Å². The fourth-order valence-electron chi connectivity index (χ4n) is 2.80. The van der Waals surface area contributed by atoms with Gasteiger partial charge in [-0.25, -0.2) is 8.42 Å². The molecule has 6 heteroatoms. The van der Waals surface area contributed by atoms with E-state index in [1.807, 2.05) is 19.9 Å². The van der Waals surface area contributed by atoms with Gasteiger partial charge in [0.05, 0.1) is 5.56 Å². The maximum Gasteiger partial charge on any atom is 0.244 e. The molecule has 20 heavy (non-hydrogen) atoms. The van der Waals surface area contributed by atoms with E-state index >= 15 is 0 Å². The van der Waals surface area contributed by atoms with Gasteiger partial charge in [0.1, 0.15) is 11.0 Å². The van der Waals surface area contributed by atoms with Crippen LogP contribution in [0.5, 0.6) is 0 Å². The predicted octanol–water partition coefficient (Wildman–Crippen LogP) is 1.81. The van der Waals surface area contributed by atoms with Crippen LogP contribution in [0.3, 0.4) is 0 Å². The Morgan fingerprint density at radius 2 is 1.90 bits per heavy atom. The second-order valence-corrected chi connectivity index (χ2v) is 7.54. The average molecular weight is 293 g/mol. The lowest BCUT2D eigenvalue weighted by molar-refractivity contribution is 0.222. The highest BCUT2D eigenvalue weighted by Gasteiger charge is 2.33. The Balaban J connectivity index is 2.43. The van der Waals surface area contributed by atoms with Crippen molar-refractivity contribution in [3.05, 3.63) is 23.8 Å². The van der Waals surface area contributed by atoms with Crippen LogP contribution in [0, 0.1) is 23.2 Å². The lowest BCUT2D eigenvalue weighted by Crippen LogP contribution is -2.42. The molecule has 1 saturated heterocycles. The van der Waals surface area contributed by atoms with Crippen LogP contribution in [0.2, 0.25) is 0 Å². The Labute approximate surface area is 120 Å². The van der Waals surface area contributed by atoms with E-state index in [4.69, 9.17) is 11.0 Å². The molecule has 2 unspecified atom stereocenters. The van der Waals surface area contributed by atoms with Crippen molar-refractivity contribution in [3.63, 3.8) is 0 Å². The van der Waals surface area contributed by atoms with Crippen molar-refractivity contribution < 1.29 is 8.42 Å². The third-order valence-corrected chi connectivity index (χ3v) is 5.47. The molecule has 0 radical (unpaired) electrons. The Hall–Kier alpha value is -1.58. The fourth-order valence-corrected chi connectivity index (χ4v) is 4.60. The van der Waals surface area contributed by atoms with Gasteiger partial charge in [-0.15, -0.1) is 0 Å². The number of sulfonamides is 1. The standard InChI is InChI=1S/C14H19N3O2S/c1-10-5-11(2)9-17(8-10)20(18,19)14-4-3-13(16)6-12(14)7-15/h3-4,6,10-11H,5,8-9,16H2,1-2H3. The first-order valence-electron chi connectivity index (χ1n) is 6.64. The molecule has 1 aromatic carbocycles. The van der Waals surface area contributed by atoms with Gasteiger partial charge in [-0.1, -0.05) is 13.8 Å². The van der Waals surface area contributed by atoms with Crippen LogP contribution in [-0.2, 0) is 10.0 Å². The number of nitriles is 1. The van der Waals surface area contributed by atoms with Crippen LogP contribution in [0.25, 0.3) is 0 Å². The minimum Gasteiger partial charge on any atom is -0.399 e. The summed E-state index contributed by atoms with van der Waals surface area (Å²) in [7, 11) is -3.63. The highest BCUT2D eigenvalue weighted by Crippen LogP contribution is 2.28. The second kappa shape index (κ2) is 5.43. The number of rotatable bonds is 2. The summed E-state index contributed by atoms with van der Waals surface area (Å²) in [5.41, 5.74) is 6.11. The quantitative estimate of drug-likeness (QED) is 0.842. The molecule has 1 aliphatic rings. The summed E-state index contributed by atoms with van der Waals surface area (Å²) in [5, 5.41) is 9.12. The molecule has 0 spiro atoms. The molecule has 1 heterocycles. The van der Waals surface area contributed by atoms with Gasteiger partial charge in [0.25, 0.3) is 0 Å². The number of hydrogen-bond acceptors (Lipinski definition) is 4. The molecule has 5 nitrogen and oxygen atoms in total. The second-order valence-electron chi connectivity index (χ2n) is 5.64. The molecular formula is C14H19N3O2S. The zero-order valence-corrected chi connectivity index (χ0v) is 12.5. The van der Waals surface area contributed by atoms with Crippen LogP contribution in [-0.4, -0.2) is 25.8 Å². The highest BCUT2D eigenvalue weighted by atomic mass is 32.2. The molecule has 1 aliphatic heterocycles. The lowest BCUT2D eigenvalue weighted by Gasteiger charge is -2.34. The van der Waals surface area contributed by atoms with Gasteiger partial charge in [0.2, 0.25) is 10.0 Å².